The van der Waals surface area contributed by atoms with Gasteiger partial charge in [0, 0.05) is 4.83 Å². The summed E-state index contributed by atoms with van der Waals surface area (Å²) in [5.74, 6) is -0.183. The molecule has 1 aromatic rings. The van der Waals surface area contributed by atoms with Gasteiger partial charge in [-0.3, -0.25) is 0 Å². The molecule has 0 aliphatic rings. The molecule has 0 fully saturated rings. The Morgan fingerprint density at radius 3 is 2.00 bits per heavy atom. The molecule has 0 heterocycles. The number of halogens is 2. The van der Waals surface area contributed by atoms with Gasteiger partial charge in [0.05, 0.1) is 0 Å². The van der Waals surface area contributed by atoms with Crippen molar-refractivity contribution in [2.45, 2.75) is 25.6 Å². The lowest BCUT2D eigenvalue weighted by atomic mass is 9.88. The number of alkyl halides is 1. The summed E-state index contributed by atoms with van der Waals surface area (Å²) < 4.78 is 12.6. The second-order valence-corrected chi connectivity index (χ2v) is 5.20. The van der Waals surface area contributed by atoms with Crippen molar-refractivity contribution >= 4 is 15.9 Å². The summed E-state index contributed by atoms with van der Waals surface area (Å²) in [5.41, 5.74) is 1.27. The summed E-state index contributed by atoms with van der Waals surface area (Å²) in [5, 5.41) is 0. The van der Waals surface area contributed by atoms with Crippen LogP contribution >= 0.6 is 15.9 Å². The lowest BCUT2D eigenvalue weighted by molar-refractivity contribution is 0.407. The monoisotopic (exact) mass is 244 g/mol. The number of hydrogen-bond donors (Lipinski definition) is 0. The van der Waals surface area contributed by atoms with Gasteiger partial charge < -0.3 is 0 Å². The van der Waals surface area contributed by atoms with E-state index in [4.69, 9.17) is 0 Å². The molecule has 1 unspecified atom stereocenters. The van der Waals surface area contributed by atoms with E-state index in [0.717, 1.165) is 5.56 Å². The third-order valence-electron chi connectivity index (χ3n) is 1.92. The van der Waals surface area contributed by atoms with E-state index in [1.54, 1.807) is 0 Å². The molecule has 0 nitrogen and oxygen atoms in total. The zero-order valence-electron chi connectivity index (χ0n) is 8.14. The summed E-state index contributed by atoms with van der Waals surface area (Å²) in [7, 11) is 0. The van der Waals surface area contributed by atoms with Crippen LogP contribution in [0, 0.1) is 11.2 Å². The molecule has 0 radical (unpaired) electrons. The van der Waals surface area contributed by atoms with Crippen LogP contribution in [0.15, 0.2) is 24.3 Å². The predicted molar refractivity (Wildman–Crippen MR) is 57.5 cm³/mol. The molecular weight excluding hydrogens is 231 g/mol. The van der Waals surface area contributed by atoms with E-state index < -0.39 is 0 Å². The van der Waals surface area contributed by atoms with Gasteiger partial charge in [-0.1, -0.05) is 48.8 Å². The number of hydrogen-bond acceptors (Lipinski definition) is 0. The molecule has 1 rings (SSSR count). The van der Waals surface area contributed by atoms with E-state index >= 15 is 0 Å². The second-order valence-electron chi connectivity index (χ2n) is 4.28. The molecule has 0 N–H and O–H groups in total. The van der Waals surface area contributed by atoms with E-state index in [-0.39, 0.29) is 16.1 Å². The first-order valence-corrected chi connectivity index (χ1v) is 5.22. The average Bonchev–Trinajstić information content (AvgIpc) is 2.03. The summed E-state index contributed by atoms with van der Waals surface area (Å²) in [4.78, 5) is 0.264. The Hall–Kier alpha value is -0.370. The van der Waals surface area contributed by atoms with Crippen molar-refractivity contribution in [3.05, 3.63) is 35.6 Å². The Labute approximate surface area is 87.3 Å². The highest BCUT2D eigenvalue weighted by atomic mass is 79.9. The van der Waals surface area contributed by atoms with Crippen LogP contribution in [0.1, 0.15) is 31.2 Å². The first-order valence-electron chi connectivity index (χ1n) is 4.31. The molecule has 0 amide bonds. The first kappa shape index (κ1) is 10.7. The Kier molecular flexibility index (Phi) is 3.12. The quantitative estimate of drug-likeness (QED) is 0.647. The molecule has 0 saturated heterocycles. The van der Waals surface area contributed by atoms with Crippen molar-refractivity contribution in [2.24, 2.45) is 5.41 Å². The molecule has 0 aromatic heterocycles. The smallest absolute Gasteiger partial charge is 0.123 e. The lowest BCUT2D eigenvalue weighted by Gasteiger charge is -2.25. The predicted octanol–water partition coefficient (Wildman–Crippen LogP) is 4.31. The number of rotatable bonds is 1. The summed E-state index contributed by atoms with van der Waals surface area (Å²) in [6.45, 7) is 6.45. The van der Waals surface area contributed by atoms with Crippen LogP contribution < -0.4 is 0 Å². The Morgan fingerprint density at radius 2 is 1.62 bits per heavy atom. The highest BCUT2D eigenvalue weighted by Crippen LogP contribution is 2.39. The zero-order chi connectivity index (χ0) is 10.1. The molecule has 0 aliphatic carbocycles. The molecule has 1 atom stereocenters. The van der Waals surface area contributed by atoms with Crippen molar-refractivity contribution in [2.75, 3.05) is 0 Å². The molecule has 0 bridgehead atoms. The normalized spacial score (nSPS) is 14.2. The minimum Gasteiger partial charge on any atom is -0.207 e. The first-order chi connectivity index (χ1) is 5.91. The second kappa shape index (κ2) is 3.79. The molecule has 0 aliphatic heterocycles. The molecule has 2 heteroatoms. The average molecular weight is 245 g/mol. The van der Waals surface area contributed by atoms with E-state index in [1.807, 2.05) is 12.1 Å². The Bertz CT molecular complexity index is 271. The van der Waals surface area contributed by atoms with Crippen LogP contribution in [0.2, 0.25) is 0 Å². The SMILES string of the molecule is CC(C)(C)C(Br)c1ccc(F)cc1. The largest absolute Gasteiger partial charge is 0.207 e. The van der Waals surface area contributed by atoms with Gasteiger partial charge >= 0.3 is 0 Å². The van der Waals surface area contributed by atoms with Gasteiger partial charge in [-0.15, -0.1) is 0 Å². The number of benzene rings is 1. The standard InChI is InChI=1S/C11H14BrF/c1-11(2,3)10(12)8-4-6-9(13)7-5-8/h4-7,10H,1-3H3. The van der Waals surface area contributed by atoms with E-state index in [1.165, 1.54) is 12.1 Å². The maximum Gasteiger partial charge on any atom is 0.123 e. The van der Waals surface area contributed by atoms with Crippen LogP contribution in [0.4, 0.5) is 4.39 Å². The van der Waals surface area contributed by atoms with Crippen molar-refractivity contribution in [1.82, 2.24) is 0 Å². The highest BCUT2D eigenvalue weighted by Gasteiger charge is 2.22. The third-order valence-corrected chi connectivity index (χ3v) is 3.83. The van der Waals surface area contributed by atoms with Crippen molar-refractivity contribution < 1.29 is 4.39 Å². The summed E-state index contributed by atoms with van der Waals surface area (Å²) >= 11 is 3.61. The topological polar surface area (TPSA) is 0 Å². The van der Waals surface area contributed by atoms with E-state index in [0.29, 0.717) is 0 Å². The minimum atomic E-state index is -0.183. The highest BCUT2D eigenvalue weighted by molar-refractivity contribution is 9.09. The van der Waals surface area contributed by atoms with Crippen molar-refractivity contribution in [3.63, 3.8) is 0 Å². The lowest BCUT2D eigenvalue weighted by Crippen LogP contribution is -2.12. The van der Waals surface area contributed by atoms with Gasteiger partial charge in [-0.2, -0.15) is 0 Å². The van der Waals surface area contributed by atoms with Crippen LogP contribution in [0.5, 0.6) is 0 Å². The molecule has 1 aromatic carbocycles. The Balaban J connectivity index is 2.90. The Morgan fingerprint density at radius 1 is 1.15 bits per heavy atom. The van der Waals surface area contributed by atoms with Crippen LogP contribution in [0.25, 0.3) is 0 Å². The maximum absolute atomic E-state index is 12.6. The van der Waals surface area contributed by atoms with Gasteiger partial charge in [0.25, 0.3) is 0 Å². The minimum absolute atomic E-state index is 0.151. The fraction of sp³-hybridized carbons (Fsp3) is 0.455. The van der Waals surface area contributed by atoms with Gasteiger partial charge in [0.2, 0.25) is 0 Å². The van der Waals surface area contributed by atoms with Crippen molar-refractivity contribution in [3.8, 4) is 0 Å². The molecular formula is C11H14BrF. The van der Waals surface area contributed by atoms with Crippen LogP contribution in [0.3, 0.4) is 0 Å². The maximum atomic E-state index is 12.6. The summed E-state index contributed by atoms with van der Waals surface area (Å²) in [6.07, 6.45) is 0. The van der Waals surface area contributed by atoms with E-state index in [9.17, 15) is 4.39 Å². The van der Waals surface area contributed by atoms with E-state index in [2.05, 4.69) is 36.7 Å². The van der Waals surface area contributed by atoms with Crippen LogP contribution in [-0.2, 0) is 0 Å². The molecule has 72 valence electrons. The summed E-state index contributed by atoms with van der Waals surface area (Å²) in [6, 6.07) is 6.63. The zero-order valence-corrected chi connectivity index (χ0v) is 9.73. The molecule has 0 spiro atoms. The fourth-order valence-corrected chi connectivity index (χ4v) is 1.44. The third kappa shape index (κ3) is 2.80. The molecule has 13 heavy (non-hydrogen) atoms. The molecule has 0 saturated carbocycles. The van der Waals surface area contributed by atoms with Crippen molar-refractivity contribution in [1.29, 1.82) is 0 Å². The van der Waals surface area contributed by atoms with Gasteiger partial charge in [0.15, 0.2) is 0 Å². The van der Waals surface area contributed by atoms with Gasteiger partial charge in [0.1, 0.15) is 5.82 Å². The fourth-order valence-electron chi connectivity index (χ4n) is 1.13. The van der Waals surface area contributed by atoms with Crippen LogP contribution in [-0.4, -0.2) is 0 Å². The van der Waals surface area contributed by atoms with Gasteiger partial charge in [-0.05, 0) is 23.1 Å². The van der Waals surface area contributed by atoms with Gasteiger partial charge in [-0.25, -0.2) is 4.39 Å².